The van der Waals surface area contributed by atoms with Crippen LogP contribution in [0.25, 0.3) is 10.8 Å². The van der Waals surface area contributed by atoms with Crippen molar-refractivity contribution >= 4 is 27.7 Å². The zero-order chi connectivity index (χ0) is 19.0. The van der Waals surface area contributed by atoms with E-state index in [1.165, 1.54) is 5.56 Å². The number of hydrogen-bond acceptors (Lipinski definition) is 4. The fourth-order valence-electron chi connectivity index (χ4n) is 3.48. The summed E-state index contributed by atoms with van der Waals surface area (Å²) in [4.78, 5) is 8.01. The maximum Gasteiger partial charge on any atom is 1.00 e. The molecular formula is C20H27NaO4S. The van der Waals surface area contributed by atoms with E-state index in [0.29, 0.717) is 11.8 Å². The SMILES string of the molecule is C=O.CCCc1c(CCC)c(S(=O)(=O)[O-])c2ccccc2c1CCC.[Na+]. The van der Waals surface area contributed by atoms with Crippen molar-refractivity contribution in [2.75, 3.05) is 0 Å². The molecule has 6 heteroatoms. The van der Waals surface area contributed by atoms with Gasteiger partial charge >= 0.3 is 29.6 Å². The van der Waals surface area contributed by atoms with Gasteiger partial charge in [0.15, 0.2) is 0 Å². The van der Waals surface area contributed by atoms with Crippen LogP contribution < -0.4 is 29.6 Å². The van der Waals surface area contributed by atoms with E-state index in [4.69, 9.17) is 4.79 Å². The average Bonchev–Trinajstić information content (AvgIpc) is 2.58. The van der Waals surface area contributed by atoms with Crippen molar-refractivity contribution < 1.29 is 47.3 Å². The largest absolute Gasteiger partial charge is 1.00 e. The molecule has 0 radical (unpaired) electrons. The van der Waals surface area contributed by atoms with Gasteiger partial charge in [0.05, 0.1) is 4.90 Å². The van der Waals surface area contributed by atoms with Crippen LogP contribution in [-0.2, 0) is 34.2 Å². The number of aryl methyl sites for hydroxylation is 1. The van der Waals surface area contributed by atoms with E-state index in [-0.39, 0.29) is 34.5 Å². The van der Waals surface area contributed by atoms with Gasteiger partial charge in [-0.25, -0.2) is 8.42 Å². The Morgan fingerprint density at radius 2 is 1.23 bits per heavy atom. The van der Waals surface area contributed by atoms with E-state index >= 15 is 0 Å². The molecule has 0 aliphatic rings. The van der Waals surface area contributed by atoms with E-state index in [1.807, 2.05) is 31.9 Å². The van der Waals surface area contributed by atoms with Crippen LogP contribution in [-0.4, -0.2) is 19.8 Å². The molecule has 0 aliphatic heterocycles. The van der Waals surface area contributed by atoms with Crippen molar-refractivity contribution in [2.24, 2.45) is 0 Å². The van der Waals surface area contributed by atoms with Crippen LogP contribution in [0, 0.1) is 0 Å². The van der Waals surface area contributed by atoms with Crippen LogP contribution in [0.2, 0.25) is 0 Å². The fraction of sp³-hybridized carbons (Fsp3) is 0.450. The van der Waals surface area contributed by atoms with Gasteiger partial charge in [-0.3, -0.25) is 0 Å². The Hall–Kier alpha value is -0.720. The molecule has 2 aromatic carbocycles. The van der Waals surface area contributed by atoms with Crippen LogP contribution in [0.15, 0.2) is 29.2 Å². The van der Waals surface area contributed by atoms with Crippen LogP contribution >= 0.6 is 0 Å². The second kappa shape index (κ2) is 11.9. The van der Waals surface area contributed by atoms with E-state index in [1.54, 1.807) is 6.07 Å². The molecule has 0 amide bonds. The minimum atomic E-state index is -4.50. The molecule has 0 saturated heterocycles. The predicted molar refractivity (Wildman–Crippen MR) is 101 cm³/mol. The third-order valence-corrected chi connectivity index (χ3v) is 5.22. The summed E-state index contributed by atoms with van der Waals surface area (Å²) in [6, 6.07) is 7.44. The molecule has 0 aromatic heterocycles. The smallest absolute Gasteiger partial charge is 0.744 e. The number of benzene rings is 2. The molecule has 2 rings (SSSR count). The molecule has 0 bridgehead atoms. The maximum atomic E-state index is 12.0. The van der Waals surface area contributed by atoms with Gasteiger partial charge in [0.25, 0.3) is 0 Å². The molecule has 0 N–H and O–H groups in total. The molecule has 0 fully saturated rings. The Morgan fingerprint density at radius 1 is 0.808 bits per heavy atom. The van der Waals surface area contributed by atoms with Crippen molar-refractivity contribution in [2.45, 2.75) is 64.2 Å². The average molecular weight is 386 g/mol. The molecule has 138 valence electrons. The van der Waals surface area contributed by atoms with Gasteiger partial charge in [-0.1, -0.05) is 64.3 Å². The normalized spacial score (nSPS) is 10.8. The van der Waals surface area contributed by atoms with Gasteiger partial charge in [0, 0.05) is 0 Å². The molecule has 0 saturated carbocycles. The summed E-state index contributed by atoms with van der Waals surface area (Å²) in [5.41, 5.74) is 3.07. The van der Waals surface area contributed by atoms with Crippen molar-refractivity contribution in [3.63, 3.8) is 0 Å². The summed E-state index contributed by atoms with van der Waals surface area (Å²) in [5.74, 6) is 0. The topological polar surface area (TPSA) is 74.3 Å². The number of rotatable bonds is 7. The summed E-state index contributed by atoms with van der Waals surface area (Å²) < 4.78 is 36.0. The van der Waals surface area contributed by atoms with Crippen molar-refractivity contribution in [1.29, 1.82) is 0 Å². The summed E-state index contributed by atoms with van der Waals surface area (Å²) in [7, 11) is -4.50. The Kier molecular flexibility index (Phi) is 11.6. The first-order valence-corrected chi connectivity index (χ1v) is 10.2. The number of carbonyl (C=O) groups excluding carboxylic acids is 1. The fourth-order valence-corrected chi connectivity index (χ4v) is 4.45. The molecule has 26 heavy (non-hydrogen) atoms. The molecule has 0 spiro atoms. The Bertz CT molecular complexity index is 816. The summed E-state index contributed by atoms with van der Waals surface area (Å²) in [5, 5.41) is 1.52. The minimum Gasteiger partial charge on any atom is -0.744 e. The molecule has 0 aliphatic carbocycles. The maximum absolute atomic E-state index is 12.0. The van der Waals surface area contributed by atoms with Crippen LogP contribution in [0.4, 0.5) is 0 Å². The first-order valence-electron chi connectivity index (χ1n) is 8.75. The monoisotopic (exact) mass is 386 g/mol. The van der Waals surface area contributed by atoms with Crippen molar-refractivity contribution in [1.82, 2.24) is 0 Å². The molecule has 0 heterocycles. The van der Waals surface area contributed by atoms with Crippen LogP contribution in [0.1, 0.15) is 56.7 Å². The molecule has 0 unspecified atom stereocenters. The van der Waals surface area contributed by atoms with Gasteiger partial charge in [-0.15, -0.1) is 0 Å². The number of carbonyl (C=O) groups is 1. The molecular weight excluding hydrogens is 359 g/mol. The van der Waals surface area contributed by atoms with E-state index < -0.39 is 10.1 Å². The number of fused-ring (bicyclic) bond motifs is 1. The summed E-state index contributed by atoms with van der Waals surface area (Å²) in [6.07, 6.45) is 5.11. The van der Waals surface area contributed by atoms with E-state index in [2.05, 4.69) is 13.8 Å². The zero-order valence-corrected chi connectivity index (χ0v) is 19.1. The Morgan fingerprint density at radius 3 is 1.69 bits per heavy atom. The van der Waals surface area contributed by atoms with Gasteiger partial charge in [-0.2, -0.15) is 0 Å². The van der Waals surface area contributed by atoms with E-state index in [9.17, 15) is 13.0 Å². The molecule has 2 aromatic rings. The van der Waals surface area contributed by atoms with Gasteiger partial charge < -0.3 is 9.35 Å². The second-order valence-corrected chi connectivity index (χ2v) is 7.33. The summed E-state index contributed by atoms with van der Waals surface area (Å²) in [6.45, 7) is 8.24. The third-order valence-electron chi connectivity index (χ3n) is 4.25. The zero-order valence-electron chi connectivity index (χ0n) is 16.3. The standard InChI is InChI=1S/C19H26O3S.CH2O.Na/c1-4-9-14-15(10-5-2)17(11-6-3)19(23(20,21)22)18-13-8-7-12-16(14)18;1-2;/h7-8,12-13H,4-6,9-11H2,1-3H3,(H,20,21,22);1H2;/q;;+1/p-1. The Balaban J connectivity index is 0.00000201. The third kappa shape index (κ3) is 5.64. The molecule has 4 nitrogen and oxygen atoms in total. The van der Waals surface area contributed by atoms with Gasteiger partial charge in [0.2, 0.25) is 0 Å². The first-order chi connectivity index (χ1) is 12.0. The van der Waals surface area contributed by atoms with Crippen LogP contribution in [0.3, 0.4) is 0 Å². The summed E-state index contributed by atoms with van der Waals surface area (Å²) >= 11 is 0. The minimum absolute atomic E-state index is 0. The Labute approximate surface area is 179 Å². The van der Waals surface area contributed by atoms with Gasteiger partial charge in [0.1, 0.15) is 16.9 Å². The van der Waals surface area contributed by atoms with Crippen molar-refractivity contribution in [3.8, 4) is 0 Å². The molecule has 0 atom stereocenters. The quantitative estimate of drug-likeness (QED) is 0.533. The van der Waals surface area contributed by atoms with Gasteiger partial charge in [-0.05, 0) is 46.7 Å². The van der Waals surface area contributed by atoms with E-state index in [0.717, 1.165) is 48.6 Å². The first kappa shape index (κ1) is 25.3. The predicted octanol–water partition coefficient (Wildman–Crippen LogP) is 1.42. The van der Waals surface area contributed by atoms with Crippen LogP contribution in [0.5, 0.6) is 0 Å². The number of hydrogen-bond donors (Lipinski definition) is 0. The van der Waals surface area contributed by atoms with Crippen molar-refractivity contribution in [3.05, 3.63) is 41.0 Å². The second-order valence-electron chi connectivity index (χ2n) is 6.01.